The molecule has 0 saturated carbocycles. The lowest BCUT2D eigenvalue weighted by atomic mass is 9.76. The van der Waals surface area contributed by atoms with E-state index in [-0.39, 0.29) is 23.1 Å². The number of hydrogen-bond donors (Lipinski definition) is 0. The molecular weight excluding hydrogens is 653 g/mol. The Morgan fingerprint density at radius 1 is 0.451 bits per heavy atom. The van der Waals surface area contributed by atoms with Crippen molar-refractivity contribution in [1.82, 2.24) is 0 Å². The molecule has 7 heteroatoms. The second-order valence-corrected chi connectivity index (χ2v) is 20.7. The molecule has 1 aliphatic heterocycles. The molecule has 0 unspecified atom stereocenters. The van der Waals surface area contributed by atoms with Gasteiger partial charge in [0.15, 0.2) is 23.1 Å². The van der Waals surface area contributed by atoms with Crippen molar-refractivity contribution < 1.29 is 28.0 Å². The number of allylic oxidation sites excluding steroid dienone is 4. The van der Waals surface area contributed by atoms with Gasteiger partial charge in [-0.25, -0.2) is 0 Å². The maximum absolute atomic E-state index is 14.7. The normalized spacial score (nSPS) is 17.2. The Balaban J connectivity index is 1.74. The van der Waals surface area contributed by atoms with Crippen molar-refractivity contribution in [1.29, 1.82) is 0 Å². The number of ketones is 4. The van der Waals surface area contributed by atoms with Crippen molar-refractivity contribution in [2.24, 2.45) is 0 Å². The van der Waals surface area contributed by atoms with E-state index in [1.165, 1.54) is 0 Å². The maximum atomic E-state index is 14.7. The minimum absolute atomic E-state index is 0.136. The van der Waals surface area contributed by atoms with Crippen molar-refractivity contribution >= 4 is 53.2 Å². The third kappa shape index (κ3) is 4.66. The monoisotopic (exact) mass is 698 g/mol. The lowest BCUT2D eigenvalue weighted by Crippen LogP contribution is -2.62. The zero-order chi connectivity index (χ0) is 36.9. The summed E-state index contributed by atoms with van der Waals surface area (Å²) in [5, 5.41) is 1.85. The molecule has 6 nitrogen and oxygen atoms in total. The molecule has 2 aliphatic carbocycles. The van der Waals surface area contributed by atoms with E-state index in [1.807, 2.05) is 64.1 Å². The zero-order valence-electron chi connectivity index (χ0n) is 31.4. The predicted octanol–water partition coefficient (Wildman–Crippen LogP) is 11.5. The maximum Gasteiger partial charge on any atom is 0.471 e. The standard InChI is InChI=1S/C44H46O6Si/c1-11-25-27(13-3)41(47)35-29(39(25)45)19-15-23-17-21-31-37(33(23)35)38-32(50-51(49-31,43(5,6)7)44(8,9)10)22-18-24-16-20-30-36(34(24)38)42(48)28(14-4)26(12-2)40(30)46/h15-22H,11-14H2,1-10H3. The lowest BCUT2D eigenvalue weighted by molar-refractivity contribution is 0.0971. The second-order valence-electron chi connectivity index (χ2n) is 16.0. The summed E-state index contributed by atoms with van der Waals surface area (Å²) in [7, 11) is -3.34. The van der Waals surface area contributed by atoms with E-state index in [0.29, 0.717) is 104 Å². The van der Waals surface area contributed by atoms with Gasteiger partial charge >= 0.3 is 8.56 Å². The average molecular weight is 699 g/mol. The molecule has 4 aromatic carbocycles. The number of benzene rings is 4. The van der Waals surface area contributed by atoms with E-state index < -0.39 is 18.6 Å². The molecule has 0 fully saturated rings. The molecule has 0 saturated heterocycles. The molecule has 3 aliphatic rings. The first-order chi connectivity index (χ1) is 24.1. The molecule has 0 aromatic heterocycles. The molecule has 7 rings (SSSR count). The Morgan fingerprint density at radius 2 is 0.765 bits per heavy atom. The summed E-state index contributed by atoms with van der Waals surface area (Å²) in [6.07, 6.45) is 1.78. The van der Waals surface area contributed by atoms with Crippen LogP contribution in [0.1, 0.15) is 136 Å². The van der Waals surface area contributed by atoms with E-state index in [4.69, 9.17) is 8.85 Å². The molecule has 0 amide bonds. The van der Waals surface area contributed by atoms with Crippen LogP contribution in [0.2, 0.25) is 10.1 Å². The fraction of sp³-hybridized carbons (Fsp3) is 0.364. The van der Waals surface area contributed by atoms with Gasteiger partial charge in [-0.1, -0.05) is 93.5 Å². The fourth-order valence-electron chi connectivity index (χ4n) is 9.05. The van der Waals surface area contributed by atoms with E-state index >= 15 is 0 Å². The summed E-state index contributed by atoms with van der Waals surface area (Å²) in [4.78, 5) is 57.6. The third-order valence-corrected chi connectivity index (χ3v) is 16.2. The van der Waals surface area contributed by atoms with Crippen LogP contribution in [-0.2, 0) is 0 Å². The van der Waals surface area contributed by atoms with Gasteiger partial charge in [-0.05, 0) is 60.7 Å². The molecule has 51 heavy (non-hydrogen) atoms. The second kappa shape index (κ2) is 11.7. The molecule has 0 bridgehead atoms. The molecule has 0 N–H and O–H groups in total. The number of Topliss-reactive ketones (excluding diaryl/α,β-unsaturated/α-hetero) is 4. The Labute approximate surface area is 301 Å². The van der Waals surface area contributed by atoms with Crippen molar-refractivity contribution in [2.75, 3.05) is 0 Å². The highest BCUT2D eigenvalue weighted by molar-refractivity contribution is 6.75. The zero-order valence-corrected chi connectivity index (χ0v) is 32.4. The van der Waals surface area contributed by atoms with Gasteiger partial charge < -0.3 is 8.85 Å². The molecule has 4 aromatic rings. The molecule has 0 radical (unpaired) electrons. The summed E-state index contributed by atoms with van der Waals surface area (Å²) in [6.45, 7) is 20.5. The molecule has 0 spiro atoms. The molecule has 0 atom stereocenters. The summed E-state index contributed by atoms with van der Waals surface area (Å²) >= 11 is 0. The molecule has 1 heterocycles. The number of hydrogen-bond acceptors (Lipinski definition) is 6. The van der Waals surface area contributed by atoms with E-state index in [9.17, 15) is 19.2 Å². The largest absolute Gasteiger partial charge is 0.511 e. The number of fused-ring (bicyclic) bond motifs is 11. The lowest BCUT2D eigenvalue weighted by Gasteiger charge is -2.47. The molecular formula is C44H46O6Si. The summed E-state index contributed by atoms with van der Waals surface area (Å²) < 4.78 is 14.8. The minimum atomic E-state index is -3.34. The van der Waals surface area contributed by atoms with Crippen molar-refractivity contribution in [3.05, 3.63) is 93.1 Å². The van der Waals surface area contributed by atoms with Crippen LogP contribution in [-0.4, -0.2) is 31.7 Å². The fourth-order valence-corrected chi connectivity index (χ4v) is 13.5. The first kappa shape index (κ1) is 34.8. The quantitative estimate of drug-likeness (QED) is 0.197. The van der Waals surface area contributed by atoms with Gasteiger partial charge in [0.1, 0.15) is 11.5 Å². The Morgan fingerprint density at radius 3 is 1.08 bits per heavy atom. The van der Waals surface area contributed by atoms with Crippen LogP contribution in [0, 0.1) is 0 Å². The van der Waals surface area contributed by atoms with Crippen LogP contribution in [0.3, 0.4) is 0 Å². The number of carbonyl (C=O) groups excluding carboxylic acids is 4. The van der Waals surface area contributed by atoms with Gasteiger partial charge in [0, 0.05) is 76.5 Å². The van der Waals surface area contributed by atoms with E-state index in [1.54, 1.807) is 12.1 Å². The van der Waals surface area contributed by atoms with Gasteiger partial charge in [-0.2, -0.15) is 0 Å². The SMILES string of the molecule is CCC1=C(CC)C(=O)c2c(ccc3ccc4c(c23)-c2c(ccc3ccc5c(c23)C(=O)C(CC)=C(CC)C5=O)O[Si](C(C)(C)C)(C(C)(C)C)O4)C1=O. The van der Waals surface area contributed by atoms with Crippen molar-refractivity contribution in [3.8, 4) is 22.6 Å². The first-order valence-corrected chi connectivity index (χ1v) is 20.1. The summed E-state index contributed by atoms with van der Waals surface area (Å²) in [5.41, 5.74) is 4.83. The first-order valence-electron chi connectivity index (χ1n) is 18.3. The Hall–Kier alpha value is -4.62. The highest BCUT2D eigenvalue weighted by atomic mass is 28.4. The van der Waals surface area contributed by atoms with Gasteiger partial charge in [0.2, 0.25) is 0 Å². The highest BCUT2D eigenvalue weighted by Crippen LogP contribution is 2.59. The van der Waals surface area contributed by atoms with Crippen LogP contribution in [0.25, 0.3) is 32.7 Å². The van der Waals surface area contributed by atoms with Gasteiger partial charge in [-0.3, -0.25) is 19.2 Å². The summed E-state index contributed by atoms with van der Waals surface area (Å²) in [6, 6.07) is 15.1. The van der Waals surface area contributed by atoms with Gasteiger partial charge in [0.25, 0.3) is 0 Å². The highest BCUT2D eigenvalue weighted by Gasteiger charge is 2.63. The smallest absolute Gasteiger partial charge is 0.471 e. The topological polar surface area (TPSA) is 86.7 Å². The van der Waals surface area contributed by atoms with E-state index in [0.717, 1.165) is 10.8 Å². The Bertz CT molecular complexity index is 2170. The third-order valence-electron chi connectivity index (χ3n) is 11.2. The van der Waals surface area contributed by atoms with Crippen LogP contribution < -0.4 is 8.85 Å². The molecule has 262 valence electrons. The van der Waals surface area contributed by atoms with E-state index in [2.05, 4.69) is 41.5 Å². The van der Waals surface area contributed by atoms with Crippen LogP contribution in [0.5, 0.6) is 11.5 Å². The minimum Gasteiger partial charge on any atom is -0.511 e. The van der Waals surface area contributed by atoms with Crippen LogP contribution in [0.15, 0.2) is 70.8 Å². The average Bonchev–Trinajstić information content (AvgIpc) is 3.25. The van der Waals surface area contributed by atoms with Crippen LogP contribution >= 0.6 is 0 Å². The summed E-state index contributed by atoms with van der Waals surface area (Å²) in [5.74, 6) is 0.473. The van der Waals surface area contributed by atoms with Gasteiger partial charge in [0.05, 0.1) is 0 Å². The van der Waals surface area contributed by atoms with Gasteiger partial charge in [-0.15, -0.1) is 0 Å². The number of rotatable bonds is 4. The van der Waals surface area contributed by atoms with Crippen molar-refractivity contribution in [2.45, 2.75) is 105 Å². The van der Waals surface area contributed by atoms with Crippen molar-refractivity contribution in [3.63, 3.8) is 0 Å². The Kier molecular flexibility index (Phi) is 7.99. The number of carbonyl (C=O) groups is 4. The van der Waals surface area contributed by atoms with Crippen LogP contribution in [0.4, 0.5) is 0 Å². The predicted molar refractivity (Wildman–Crippen MR) is 206 cm³/mol.